The first-order valence-corrected chi connectivity index (χ1v) is 7.65. The molecule has 0 heterocycles. The molecule has 0 fully saturated rings. The molecule has 0 aliphatic carbocycles. The Kier molecular flexibility index (Phi) is 5.77. The number of amides is 1. The van der Waals surface area contributed by atoms with E-state index in [9.17, 15) is 14.7 Å². The average molecular weight is 331 g/mol. The molecule has 1 N–H and O–H groups in total. The predicted molar refractivity (Wildman–Crippen MR) is 88.1 cm³/mol. The summed E-state index contributed by atoms with van der Waals surface area (Å²) in [6, 6.07) is 14.4. The van der Waals surface area contributed by atoms with Crippen molar-refractivity contribution in [2.75, 3.05) is 5.32 Å². The number of anilines is 1. The van der Waals surface area contributed by atoms with Crippen molar-refractivity contribution < 1.29 is 14.7 Å². The van der Waals surface area contributed by atoms with Crippen molar-refractivity contribution in [2.45, 2.75) is 19.8 Å². The van der Waals surface area contributed by atoms with Crippen LogP contribution in [0, 0.1) is 12.8 Å². The quantitative estimate of drug-likeness (QED) is 0.885. The second-order valence-corrected chi connectivity index (χ2v) is 5.78. The van der Waals surface area contributed by atoms with Crippen LogP contribution in [0.3, 0.4) is 0 Å². The molecule has 4 nitrogen and oxygen atoms in total. The summed E-state index contributed by atoms with van der Waals surface area (Å²) in [6.45, 7) is 1.79. The van der Waals surface area contributed by atoms with Crippen LogP contribution in [0.25, 0.3) is 0 Å². The molecule has 0 aliphatic rings. The number of nitrogens with one attached hydrogen (secondary N) is 1. The van der Waals surface area contributed by atoms with Gasteiger partial charge in [0.25, 0.3) is 0 Å². The predicted octanol–water partition coefficient (Wildman–Crippen LogP) is 2.59. The van der Waals surface area contributed by atoms with Crippen LogP contribution in [0.15, 0.2) is 48.5 Å². The highest BCUT2D eigenvalue weighted by Gasteiger charge is 2.17. The maximum atomic E-state index is 12.1. The Bertz CT molecular complexity index is 701. The first kappa shape index (κ1) is 17.0. The normalized spacial score (nSPS) is 11.7. The summed E-state index contributed by atoms with van der Waals surface area (Å²) in [5, 5.41) is 14.6. The topological polar surface area (TPSA) is 69.2 Å². The Balaban J connectivity index is 2.03. The van der Waals surface area contributed by atoms with E-state index >= 15 is 0 Å². The van der Waals surface area contributed by atoms with Crippen molar-refractivity contribution in [3.05, 3.63) is 64.7 Å². The van der Waals surface area contributed by atoms with Crippen molar-refractivity contribution in [3.63, 3.8) is 0 Å². The minimum Gasteiger partial charge on any atom is -0.550 e. The van der Waals surface area contributed by atoms with E-state index in [0.29, 0.717) is 10.7 Å². The minimum absolute atomic E-state index is 0.150. The number of carboxylic acid groups (broad SMARTS) is 1. The van der Waals surface area contributed by atoms with Crippen LogP contribution in [0.1, 0.15) is 17.5 Å². The summed E-state index contributed by atoms with van der Waals surface area (Å²) in [4.78, 5) is 23.4. The number of hydrogen-bond donors (Lipinski definition) is 1. The van der Waals surface area contributed by atoms with Gasteiger partial charge >= 0.3 is 0 Å². The molecule has 1 unspecified atom stereocenters. The fourth-order valence-corrected chi connectivity index (χ4v) is 2.48. The number of benzene rings is 2. The fraction of sp³-hybridized carbons (Fsp3) is 0.222. The second-order valence-electron chi connectivity index (χ2n) is 5.37. The van der Waals surface area contributed by atoms with Crippen LogP contribution in [0.2, 0.25) is 5.02 Å². The Hall–Kier alpha value is -2.33. The number of carboxylic acids is 1. The van der Waals surface area contributed by atoms with Gasteiger partial charge in [-0.25, -0.2) is 0 Å². The summed E-state index contributed by atoms with van der Waals surface area (Å²) in [5.41, 5.74) is 2.18. The maximum Gasteiger partial charge on any atom is 0.225 e. The lowest BCUT2D eigenvalue weighted by atomic mass is 9.96. The number of hydrogen-bond acceptors (Lipinski definition) is 3. The molecule has 2 rings (SSSR count). The molecular weight excluding hydrogens is 314 g/mol. The van der Waals surface area contributed by atoms with Gasteiger partial charge in [-0.15, -0.1) is 0 Å². The first-order chi connectivity index (χ1) is 11.0. The zero-order chi connectivity index (χ0) is 16.8. The minimum atomic E-state index is -1.23. The standard InChI is InChI=1S/C18H18ClNO3/c1-12-15(19)8-5-9-16(12)20-17(21)11-14(18(22)23)10-13-6-3-2-4-7-13/h2-9,14H,10-11H2,1H3,(H,20,21)(H,22,23)/p-1. The van der Waals surface area contributed by atoms with E-state index in [4.69, 9.17) is 11.6 Å². The van der Waals surface area contributed by atoms with Crippen molar-refractivity contribution in [1.29, 1.82) is 0 Å². The summed E-state index contributed by atoms with van der Waals surface area (Å²) < 4.78 is 0. The molecule has 0 aliphatic heterocycles. The van der Waals surface area contributed by atoms with Gasteiger partial charge in [0, 0.05) is 29.0 Å². The highest BCUT2D eigenvalue weighted by molar-refractivity contribution is 6.31. The highest BCUT2D eigenvalue weighted by atomic mass is 35.5. The van der Waals surface area contributed by atoms with Gasteiger partial charge < -0.3 is 15.2 Å². The molecule has 120 valence electrons. The highest BCUT2D eigenvalue weighted by Crippen LogP contribution is 2.23. The van der Waals surface area contributed by atoms with E-state index in [-0.39, 0.29) is 18.7 Å². The van der Waals surface area contributed by atoms with Gasteiger partial charge in [0.2, 0.25) is 5.91 Å². The molecule has 2 aromatic carbocycles. The largest absolute Gasteiger partial charge is 0.550 e. The van der Waals surface area contributed by atoms with E-state index in [1.807, 2.05) is 30.3 Å². The average Bonchev–Trinajstić information content (AvgIpc) is 2.52. The van der Waals surface area contributed by atoms with Crippen LogP contribution in [-0.4, -0.2) is 11.9 Å². The van der Waals surface area contributed by atoms with Crippen molar-refractivity contribution in [1.82, 2.24) is 0 Å². The lowest BCUT2D eigenvalue weighted by Crippen LogP contribution is -2.35. The van der Waals surface area contributed by atoms with Crippen molar-refractivity contribution in [3.8, 4) is 0 Å². The molecule has 23 heavy (non-hydrogen) atoms. The SMILES string of the molecule is Cc1c(Cl)cccc1NC(=O)CC(Cc1ccccc1)C(=O)[O-]. The third-order valence-electron chi connectivity index (χ3n) is 3.63. The van der Waals surface area contributed by atoms with Crippen molar-refractivity contribution in [2.24, 2.45) is 5.92 Å². The van der Waals surface area contributed by atoms with Gasteiger partial charge in [-0.2, -0.15) is 0 Å². The van der Waals surface area contributed by atoms with Crippen LogP contribution in [0.5, 0.6) is 0 Å². The molecule has 0 bridgehead atoms. The van der Waals surface area contributed by atoms with Gasteiger partial charge in [-0.1, -0.05) is 48.0 Å². The zero-order valence-electron chi connectivity index (χ0n) is 12.7. The molecule has 0 radical (unpaired) electrons. The number of carbonyl (C=O) groups is 2. The molecule has 2 aromatic rings. The smallest absolute Gasteiger partial charge is 0.225 e. The van der Waals surface area contributed by atoms with Gasteiger partial charge in [-0.05, 0) is 36.6 Å². The number of rotatable bonds is 6. The zero-order valence-corrected chi connectivity index (χ0v) is 13.5. The van der Waals surface area contributed by atoms with Crippen molar-refractivity contribution >= 4 is 29.2 Å². The van der Waals surface area contributed by atoms with Crippen LogP contribution >= 0.6 is 11.6 Å². The third kappa shape index (κ3) is 4.83. The number of halogens is 1. The summed E-state index contributed by atoms with van der Waals surface area (Å²) in [6.07, 6.45) is 0.105. The molecule has 0 saturated heterocycles. The Morgan fingerprint density at radius 3 is 2.48 bits per heavy atom. The number of carbonyl (C=O) groups excluding carboxylic acids is 2. The van der Waals surface area contributed by atoms with Crippen LogP contribution in [0.4, 0.5) is 5.69 Å². The second kappa shape index (κ2) is 7.79. The Labute approximate surface area is 140 Å². The van der Waals surface area contributed by atoms with Crippen LogP contribution in [-0.2, 0) is 16.0 Å². The summed E-state index contributed by atoms with van der Waals surface area (Å²) in [7, 11) is 0. The van der Waals surface area contributed by atoms with E-state index in [2.05, 4.69) is 5.32 Å². The summed E-state index contributed by atoms with van der Waals surface area (Å²) in [5.74, 6) is -2.48. The Morgan fingerprint density at radius 2 is 1.83 bits per heavy atom. The molecular formula is C18H17ClNO3-. The first-order valence-electron chi connectivity index (χ1n) is 7.27. The molecule has 0 saturated carbocycles. The fourth-order valence-electron chi connectivity index (χ4n) is 2.31. The lowest BCUT2D eigenvalue weighted by Gasteiger charge is -2.18. The maximum absolute atomic E-state index is 12.1. The van der Waals surface area contributed by atoms with Gasteiger partial charge in [0.05, 0.1) is 0 Å². The lowest BCUT2D eigenvalue weighted by molar-refractivity contribution is -0.311. The van der Waals surface area contributed by atoms with Crippen LogP contribution < -0.4 is 10.4 Å². The monoisotopic (exact) mass is 330 g/mol. The third-order valence-corrected chi connectivity index (χ3v) is 4.04. The molecule has 0 spiro atoms. The van der Waals surface area contributed by atoms with E-state index in [0.717, 1.165) is 11.1 Å². The molecule has 1 atom stereocenters. The van der Waals surface area contributed by atoms with Gasteiger partial charge in [0.15, 0.2) is 0 Å². The van der Waals surface area contributed by atoms with Gasteiger partial charge in [-0.3, -0.25) is 4.79 Å². The van der Waals surface area contributed by atoms with Gasteiger partial charge in [0.1, 0.15) is 0 Å². The number of aliphatic carboxylic acids is 1. The van der Waals surface area contributed by atoms with E-state index in [1.165, 1.54) is 0 Å². The van der Waals surface area contributed by atoms with E-state index < -0.39 is 11.9 Å². The molecule has 0 aromatic heterocycles. The van der Waals surface area contributed by atoms with E-state index in [1.54, 1.807) is 25.1 Å². The molecule has 1 amide bonds. The Morgan fingerprint density at radius 1 is 1.13 bits per heavy atom. The summed E-state index contributed by atoms with van der Waals surface area (Å²) >= 11 is 6.01. The molecule has 5 heteroatoms.